The van der Waals surface area contributed by atoms with E-state index in [1.165, 1.54) is 15.6 Å². The van der Waals surface area contributed by atoms with Crippen LogP contribution in [0.1, 0.15) is 13.8 Å². The van der Waals surface area contributed by atoms with Crippen molar-refractivity contribution in [3.8, 4) is 11.8 Å². The lowest BCUT2D eigenvalue weighted by molar-refractivity contribution is -0.104. The van der Waals surface area contributed by atoms with Gasteiger partial charge in [0.1, 0.15) is 6.29 Å². The lowest BCUT2D eigenvalue weighted by atomic mass is 10.2. The number of hydrogen-bond donors (Lipinski definition) is 0. The van der Waals surface area contributed by atoms with E-state index in [4.69, 9.17) is 4.43 Å². The van der Waals surface area contributed by atoms with Crippen molar-refractivity contribution in [3.63, 3.8) is 0 Å². The van der Waals surface area contributed by atoms with Crippen LogP contribution in [0.25, 0.3) is 0 Å². The second kappa shape index (κ2) is 11.1. The molecule has 0 aliphatic carbocycles. The summed E-state index contributed by atoms with van der Waals surface area (Å²) < 4.78 is 6.83. The molecule has 0 atom stereocenters. The first kappa shape index (κ1) is 22.2. The van der Waals surface area contributed by atoms with Gasteiger partial charge >= 0.3 is 0 Å². The van der Waals surface area contributed by atoms with Crippen LogP contribution in [-0.4, -0.2) is 21.2 Å². The number of hydrogen-bond acceptors (Lipinski definition) is 2. The molecule has 3 heteroatoms. The van der Waals surface area contributed by atoms with Crippen molar-refractivity contribution in [1.82, 2.24) is 0 Å². The molecular formula is C28H26O2Si. The monoisotopic (exact) mass is 422 g/mol. The fourth-order valence-corrected chi connectivity index (χ4v) is 7.23. The molecule has 0 unspecified atom stereocenters. The van der Waals surface area contributed by atoms with Crippen LogP contribution in [0.5, 0.6) is 0 Å². The Morgan fingerprint density at radius 1 is 0.806 bits per heavy atom. The van der Waals surface area contributed by atoms with E-state index >= 15 is 0 Å². The van der Waals surface area contributed by atoms with Crippen molar-refractivity contribution in [2.45, 2.75) is 13.8 Å². The van der Waals surface area contributed by atoms with Gasteiger partial charge in [0.05, 0.1) is 6.61 Å². The number of aldehydes is 1. The normalized spacial score (nSPS) is 12.1. The molecule has 3 rings (SSSR count). The van der Waals surface area contributed by atoms with Crippen molar-refractivity contribution in [2.75, 3.05) is 6.61 Å². The average Bonchev–Trinajstić information content (AvgIpc) is 2.83. The molecule has 0 aliphatic heterocycles. The van der Waals surface area contributed by atoms with Crippen LogP contribution < -0.4 is 15.6 Å². The van der Waals surface area contributed by atoms with Gasteiger partial charge in [-0.05, 0) is 52.7 Å². The van der Waals surface area contributed by atoms with Gasteiger partial charge in [0.2, 0.25) is 0 Å². The summed E-state index contributed by atoms with van der Waals surface area (Å²) in [6.07, 6.45) is 4.44. The molecular weight excluding hydrogens is 396 g/mol. The molecule has 0 aliphatic rings. The molecule has 0 aromatic heterocycles. The van der Waals surface area contributed by atoms with Crippen LogP contribution in [-0.2, 0) is 9.22 Å². The molecule has 0 spiro atoms. The van der Waals surface area contributed by atoms with Crippen molar-refractivity contribution in [3.05, 3.63) is 114 Å². The van der Waals surface area contributed by atoms with Gasteiger partial charge in [0, 0.05) is 0 Å². The van der Waals surface area contributed by atoms with Gasteiger partial charge in [-0.25, -0.2) is 0 Å². The first-order valence-corrected chi connectivity index (χ1v) is 12.2. The van der Waals surface area contributed by atoms with Crippen LogP contribution >= 0.6 is 0 Å². The van der Waals surface area contributed by atoms with E-state index in [0.717, 1.165) is 11.9 Å². The smallest absolute Gasteiger partial charge is 0.288 e. The molecule has 2 nitrogen and oxygen atoms in total. The van der Waals surface area contributed by atoms with Crippen molar-refractivity contribution >= 4 is 30.2 Å². The minimum atomic E-state index is -2.70. The molecule has 3 aromatic carbocycles. The second-order valence-electron chi connectivity index (χ2n) is 7.25. The van der Waals surface area contributed by atoms with Crippen LogP contribution in [0.3, 0.4) is 0 Å². The summed E-state index contributed by atoms with van der Waals surface area (Å²) >= 11 is 0. The largest absolute Gasteiger partial charge is 0.400 e. The molecule has 0 saturated carbocycles. The predicted molar refractivity (Wildman–Crippen MR) is 131 cm³/mol. The fourth-order valence-electron chi connectivity index (χ4n) is 3.41. The number of benzene rings is 3. The van der Waals surface area contributed by atoms with Crippen LogP contribution in [0, 0.1) is 11.8 Å². The zero-order chi connectivity index (χ0) is 21.9. The standard InChI is InChI=1S/C28H26O2Si/c1-24(13-12-14-25(2)23-29)21-22-30-31(26-15-6-3-7-16-26,27-17-8-4-9-18-27)28-19-10-5-11-20-28/h3-11,14-21,23H,22H2,1-2H3/b24-21+,25-14+. The van der Waals surface area contributed by atoms with E-state index in [-0.39, 0.29) is 0 Å². The maximum absolute atomic E-state index is 10.7. The molecule has 0 heterocycles. The maximum atomic E-state index is 10.7. The summed E-state index contributed by atoms with van der Waals surface area (Å²) in [5.74, 6) is 5.99. The molecule has 154 valence electrons. The van der Waals surface area contributed by atoms with Gasteiger partial charge < -0.3 is 4.43 Å². The minimum absolute atomic E-state index is 0.446. The summed E-state index contributed by atoms with van der Waals surface area (Å²) in [4.78, 5) is 10.7. The third-order valence-electron chi connectivity index (χ3n) is 4.99. The van der Waals surface area contributed by atoms with Crippen LogP contribution in [0.4, 0.5) is 0 Å². The zero-order valence-electron chi connectivity index (χ0n) is 17.9. The van der Waals surface area contributed by atoms with E-state index in [0.29, 0.717) is 12.2 Å². The fraction of sp³-hybridized carbons (Fsp3) is 0.107. The molecule has 31 heavy (non-hydrogen) atoms. The Balaban J connectivity index is 2.02. The summed E-state index contributed by atoms with van der Waals surface area (Å²) in [6, 6.07) is 31.5. The zero-order valence-corrected chi connectivity index (χ0v) is 18.9. The number of rotatable bonds is 7. The van der Waals surface area contributed by atoms with Gasteiger partial charge in [-0.1, -0.05) is 103 Å². The molecule has 0 amide bonds. The van der Waals surface area contributed by atoms with E-state index in [2.05, 4.69) is 84.6 Å². The molecule has 0 fully saturated rings. The first-order chi connectivity index (χ1) is 15.2. The lowest BCUT2D eigenvalue weighted by Gasteiger charge is -2.32. The molecule has 0 radical (unpaired) electrons. The summed E-state index contributed by atoms with van der Waals surface area (Å²) in [5, 5.41) is 3.61. The van der Waals surface area contributed by atoms with Gasteiger partial charge in [-0.3, -0.25) is 4.79 Å². The maximum Gasteiger partial charge on any atom is 0.288 e. The Morgan fingerprint density at radius 2 is 1.26 bits per heavy atom. The third kappa shape index (κ3) is 5.58. The molecule has 0 N–H and O–H groups in total. The highest BCUT2D eigenvalue weighted by Gasteiger charge is 2.41. The molecule has 3 aromatic rings. The summed E-state index contributed by atoms with van der Waals surface area (Å²) in [6.45, 7) is 4.14. The van der Waals surface area contributed by atoms with E-state index in [9.17, 15) is 4.79 Å². The first-order valence-electron chi connectivity index (χ1n) is 10.3. The third-order valence-corrected chi connectivity index (χ3v) is 9.02. The van der Waals surface area contributed by atoms with Gasteiger partial charge in [-0.15, -0.1) is 0 Å². The van der Waals surface area contributed by atoms with Crippen molar-refractivity contribution in [1.29, 1.82) is 0 Å². The Kier molecular flexibility index (Phi) is 7.95. The number of carbonyl (C=O) groups excluding carboxylic acids is 1. The highest BCUT2D eigenvalue weighted by molar-refractivity contribution is 7.07. The second-order valence-corrected chi connectivity index (χ2v) is 10.6. The minimum Gasteiger partial charge on any atom is -0.400 e. The van der Waals surface area contributed by atoms with Crippen LogP contribution in [0.2, 0.25) is 0 Å². The van der Waals surface area contributed by atoms with Gasteiger partial charge in [0.25, 0.3) is 8.32 Å². The summed E-state index contributed by atoms with van der Waals surface area (Å²) in [5.41, 5.74) is 1.52. The van der Waals surface area contributed by atoms with E-state index < -0.39 is 8.32 Å². The highest BCUT2D eigenvalue weighted by atomic mass is 28.4. The Hall–Kier alpha value is -3.45. The van der Waals surface area contributed by atoms with Crippen LogP contribution in [0.15, 0.2) is 114 Å². The number of carbonyl (C=O) groups is 1. The number of allylic oxidation sites excluding steroid dienone is 3. The summed E-state index contributed by atoms with van der Waals surface area (Å²) in [7, 11) is -2.70. The topological polar surface area (TPSA) is 26.3 Å². The predicted octanol–water partition coefficient (Wildman–Crippen LogP) is 3.77. The molecule has 0 saturated heterocycles. The van der Waals surface area contributed by atoms with E-state index in [1.54, 1.807) is 13.0 Å². The van der Waals surface area contributed by atoms with Crippen molar-refractivity contribution in [2.24, 2.45) is 0 Å². The highest BCUT2D eigenvalue weighted by Crippen LogP contribution is 2.10. The average molecular weight is 423 g/mol. The van der Waals surface area contributed by atoms with Crippen molar-refractivity contribution < 1.29 is 9.22 Å². The van der Waals surface area contributed by atoms with E-state index in [1.807, 2.05) is 31.2 Å². The van der Waals surface area contributed by atoms with Gasteiger partial charge in [-0.2, -0.15) is 0 Å². The Bertz CT molecular complexity index is 1010. The Morgan fingerprint density at radius 3 is 1.68 bits per heavy atom. The molecule has 0 bridgehead atoms. The lowest BCUT2D eigenvalue weighted by Crippen LogP contribution is -2.69. The SMILES string of the molecule is C/C(C#C/C=C(\C)C=O)=C\CO[Si](c1ccccc1)(c1ccccc1)c1ccccc1. The van der Waals surface area contributed by atoms with Gasteiger partial charge in [0.15, 0.2) is 0 Å². The quantitative estimate of drug-likeness (QED) is 0.191. The Labute approximate surface area is 186 Å².